The number of hydrogen-bond acceptors (Lipinski definition) is 5. The molecule has 0 aliphatic carbocycles. The van der Waals surface area contributed by atoms with Crippen molar-refractivity contribution in [3.63, 3.8) is 0 Å². The molecule has 0 aliphatic heterocycles. The van der Waals surface area contributed by atoms with Gasteiger partial charge in [-0.25, -0.2) is 4.98 Å². The average Bonchev–Trinajstić information content (AvgIpc) is 2.84. The molecule has 2 rings (SSSR count). The SMILES string of the molecule is Cn1nccc1CCNC(=O)c1cc([N+](=O)[O-])cnc1Cl. The van der Waals surface area contributed by atoms with Crippen LogP contribution in [0.2, 0.25) is 5.15 Å². The lowest BCUT2D eigenvalue weighted by Crippen LogP contribution is -2.26. The topological polar surface area (TPSA) is 103 Å². The molecule has 2 heterocycles. The zero-order chi connectivity index (χ0) is 15.4. The minimum atomic E-state index is -0.629. The number of nitrogens with one attached hydrogen (secondary N) is 1. The molecule has 1 amide bonds. The summed E-state index contributed by atoms with van der Waals surface area (Å²) in [5.41, 5.74) is 0.658. The van der Waals surface area contributed by atoms with Crippen molar-refractivity contribution in [3.05, 3.63) is 51.1 Å². The van der Waals surface area contributed by atoms with Crippen LogP contribution in [0.15, 0.2) is 24.5 Å². The van der Waals surface area contributed by atoms with Crippen LogP contribution >= 0.6 is 11.6 Å². The predicted molar refractivity (Wildman–Crippen MR) is 75.1 cm³/mol. The summed E-state index contributed by atoms with van der Waals surface area (Å²) in [5.74, 6) is -0.502. The van der Waals surface area contributed by atoms with Gasteiger partial charge in [0, 0.05) is 38.0 Å². The number of amides is 1. The van der Waals surface area contributed by atoms with E-state index in [-0.39, 0.29) is 16.4 Å². The Kier molecular flexibility index (Phi) is 4.49. The second-order valence-corrected chi connectivity index (χ2v) is 4.60. The Hall–Kier alpha value is -2.48. The van der Waals surface area contributed by atoms with Crippen molar-refractivity contribution in [2.45, 2.75) is 6.42 Å². The summed E-state index contributed by atoms with van der Waals surface area (Å²) in [6, 6.07) is 2.95. The van der Waals surface area contributed by atoms with Crippen molar-refractivity contribution < 1.29 is 9.72 Å². The number of nitrogens with zero attached hydrogens (tertiary/aromatic N) is 4. The number of halogens is 1. The van der Waals surface area contributed by atoms with Crippen LogP contribution in [0.5, 0.6) is 0 Å². The number of rotatable bonds is 5. The lowest BCUT2D eigenvalue weighted by Gasteiger charge is -2.06. The first kappa shape index (κ1) is 14.9. The summed E-state index contributed by atoms with van der Waals surface area (Å²) in [7, 11) is 1.80. The maximum Gasteiger partial charge on any atom is 0.288 e. The molecule has 0 aromatic carbocycles. The van der Waals surface area contributed by atoms with Gasteiger partial charge < -0.3 is 5.32 Å². The standard InChI is InChI=1S/C12H12ClN5O3/c1-17-8(3-5-16-17)2-4-14-12(19)10-6-9(18(20)21)7-15-11(10)13/h3,5-7H,2,4H2,1H3,(H,14,19). The first-order chi connectivity index (χ1) is 9.99. The summed E-state index contributed by atoms with van der Waals surface area (Å²) < 4.78 is 1.70. The third-order valence-corrected chi connectivity index (χ3v) is 3.17. The van der Waals surface area contributed by atoms with Crippen molar-refractivity contribution in [1.82, 2.24) is 20.1 Å². The third kappa shape index (κ3) is 3.54. The van der Waals surface area contributed by atoms with Gasteiger partial charge in [0.25, 0.3) is 11.6 Å². The fourth-order valence-corrected chi connectivity index (χ4v) is 1.93. The van der Waals surface area contributed by atoms with E-state index in [1.165, 1.54) is 0 Å². The normalized spacial score (nSPS) is 10.4. The molecule has 21 heavy (non-hydrogen) atoms. The van der Waals surface area contributed by atoms with E-state index in [4.69, 9.17) is 11.6 Å². The van der Waals surface area contributed by atoms with E-state index in [1.54, 1.807) is 17.9 Å². The molecule has 0 aliphatic rings. The molecule has 110 valence electrons. The second-order valence-electron chi connectivity index (χ2n) is 4.24. The van der Waals surface area contributed by atoms with Gasteiger partial charge in [-0.15, -0.1) is 0 Å². The number of nitro groups is 1. The molecular weight excluding hydrogens is 298 g/mol. The first-order valence-electron chi connectivity index (χ1n) is 6.04. The fourth-order valence-electron chi connectivity index (χ4n) is 1.74. The van der Waals surface area contributed by atoms with Crippen LogP contribution in [-0.2, 0) is 13.5 Å². The van der Waals surface area contributed by atoms with Gasteiger partial charge in [-0.05, 0) is 6.07 Å². The molecule has 0 fully saturated rings. The highest BCUT2D eigenvalue weighted by molar-refractivity contribution is 6.32. The van der Waals surface area contributed by atoms with Gasteiger partial charge in [0.1, 0.15) is 11.3 Å². The van der Waals surface area contributed by atoms with Crippen LogP contribution in [0.4, 0.5) is 5.69 Å². The zero-order valence-electron chi connectivity index (χ0n) is 11.1. The molecule has 9 heteroatoms. The Morgan fingerprint density at radius 3 is 2.95 bits per heavy atom. The Morgan fingerprint density at radius 2 is 2.33 bits per heavy atom. The molecule has 0 radical (unpaired) electrons. The van der Waals surface area contributed by atoms with E-state index in [1.807, 2.05) is 6.07 Å². The fraction of sp³-hybridized carbons (Fsp3) is 0.250. The Bertz CT molecular complexity index is 685. The summed E-state index contributed by atoms with van der Waals surface area (Å²) >= 11 is 5.79. The van der Waals surface area contributed by atoms with E-state index in [2.05, 4.69) is 15.4 Å². The van der Waals surface area contributed by atoms with Crippen LogP contribution in [0.1, 0.15) is 16.1 Å². The summed E-state index contributed by atoms with van der Waals surface area (Å²) in [6.45, 7) is 0.359. The first-order valence-corrected chi connectivity index (χ1v) is 6.42. The lowest BCUT2D eigenvalue weighted by molar-refractivity contribution is -0.385. The molecule has 0 saturated heterocycles. The average molecular weight is 310 g/mol. The summed E-state index contributed by atoms with van der Waals surface area (Å²) in [6.07, 6.45) is 3.26. The highest BCUT2D eigenvalue weighted by atomic mass is 35.5. The van der Waals surface area contributed by atoms with Gasteiger partial charge in [0.15, 0.2) is 0 Å². The third-order valence-electron chi connectivity index (χ3n) is 2.87. The Labute approximate surface area is 124 Å². The molecule has 0 bridgehead atoms. The molecule has 0 spiro atoms. The van der Waals surface area contributed by atoms with Gasteiger partial charge in [-0.2, -0.15) is 5.10 Å². The maximum atomic E-state index is 12.0. The lowest BCUT2D eigenvalue weighted by atomic mass is 10.2. The summed E-state index contributed by atoms with van der Waals surface area (Å²) in [5, 5.41) is 17.3. The highest BCUT2D eigenvalue weighted by Gasteiger charge is 2.16. The van der Waals surface area contributed by atoms with Gasteiger partial charge >= 0.3 is 0 Å². The number of aryl methyl sites for hydroxylation is 1. The van der Waals surface area contributed by atoms with Crippen molar-refractivity contribution in [1.29, 1.82) is 0 Å². The van der Waals surface area contributed by atoms with Crippen molar-refractivity contribution >= 4 is 23.2 Å². The van der Waals surface area contributed by atoms with E-state index in [9.17, 15) is 14.9 Å². The van der Waals surface area contributed by atoms with Gasteiger partial charge in [-0.3, -0.25) is 19.6 Å². The van der Waals surface area contributed by atoms with E-state index < -0.39 is 10.8 Å². The van der Waals surface area contributed by atoms with Crippen molar-refractivity contribution in [3.8, 4) is 0 Å². The number of pyridine rings is 1. The number of aromatic nitrogens is 3. The molecule has 0 atom stereocenters. The maximum absolute atomic E-state index is 12.0. The predicted octanol–water partition coefficient (Wildman–Crippen LogP) is 1.35. The number of carbonyl (C=O) groups is 1. The Balaban J connectivity index is 2.01. The highest BCUT2D eigenvalue weighted by Crippen LogP contribution is 2.18. The van der Waals surface area contributed by atoms with Crippen LogP contribution in [0, 0.1) is 10.1 Å². The quantitative estimate of drug-likeness (QED) is 0.510. The molecule has 0 unspecified atom stereocenters. The molecule has 8 nitrogen and oxygen atoms in total. The number of carbonyl (C=O) groups excluding carboxylic acids is 1. The molecule has 2 aromatic heterocycles. The van der Waals surface area contributed by atoms with Gasteiger partial charge in [0.2, 0.25) is 0 Å². The van der Waals surface area contributed by atoms with Crippen LogP contribution in [-0.4, -0.2) is 32.1 Å². The molecule has 2 aromatic rings. The minimum Gasteiger partial charge on any atom is -0.352 e. The van der Waals surface area contributed by atoms with Gasteiger partial charge in [-0.1, -0.05) is 11.6 Å². The smallest absolute Gasteiger partial charge is 0.288 e. The minimum absolute atomic E-state index is 0.0177. The van der Waals surface area contributed by atoms with E-state index >= 15 is 0 Å². The largest absolute Gasteiger partial charge is 0.352 e. The van der Waals surface area contributed by atoms with E-state index in [0.29, 0.717) is 13.0 Å². The van der Waals surface area contributed by atoms with Gasteiger partial charge in [0.05, 0.1) is 10.5 Å². The van der Waals surface area contributed by atoms with Crippen LogP contribution in [0.25, 0.3) is 0 Å². The number of hydrogen-bond donors (Lipinski definition) is 1. The molecular formula is C12H12ClN5O3. The van der Waals surface area contributed by atoms with Crippen molar-refractivity contribution in [2.24, 2.45) is 7.05 Å². The van der Waals surface area contributed by atoms with Crippen molar-refractivity contribution in [2.75, 3.05) is 6.54 Å². The molecule has 0 saturated carbocycles. The monoisotopic (exact) mass is 309 g/mol. The summed E-state index contributed by atoms with van der Waals surface area (Å²) in [4.78, 5) is 25.7. The van der Waals surface area contributed by atoms with Crippen LogP contribution < -0.4 is 5.32 Å². The van der Waals surface area contributed by atoms with E-state index in [0.717, 1.165) is 18.0 Å². The Morgan fingerprint density at radius 1 is 1.57 bits per heavy atom. The zero-order valence-corrected chi connectivity index (χ0v) is 11.9. The second kappa shape index (κ2) is 6.31. The van der Waals surface area contributed by atoms with Crippen LogP contribution in [0.3, 0.4) is 0 Å². The molecule has 1 N–H and O–H groups in total.